The van der Waals surface area contributed by atoms with Crippen molar-refractivity contribution in [2.75, 3.05) is 7.11 Å². The van der Waals surface area contributed by atoms with Crippen molar-refractivity contribution < 1.29 is 18.3 Å². The van der Waals surface area contributed by atoms with Crippen LogP contribution in [0, 0.1) is 3.70 Å². The summed E-state index contributed by atoms with van der Waals surface area (Å²) in [5.41, 5.74) is 5.73. The standard InChI is InChI=1S/C10H11F2IN2O2/c1-17-8(16)3-6-5(4-14)2-7(13)15-9(6)10(11)12/h2,10H,3-4,14H2,1H3. The number of nitrogens with zero attached hydrogens (tertiary/aromatic N) is 1. The molecule has 0 saturated carbocycles. The number of methoxy groups -OCH3 is 1. The predicted octanol–water partition coefficient (Wildman–Crippen LogP) is 1.80. The zero-order chi connectivity index (χ0) is 13.0. The van der Waals surface area contributed by atoms with E-state index >= 15 is 0 Å². The van der Waals surface area contributed by atoms with Crippen molar-refractivity contribution in [3.8, 4) is 0 Å². The van der Waals surface area contributed by atoms with Crippen LogP contribution in [-0.4, -0.2) is 18.1 Å². The van der Waals surface area contributed by atoms with Crippen molar-refractivity contribution in [3.63, 3.8) is 0 Å². The van der Waals surface area contributed by atoms with Gasteiger partial charge in [0.1, 0.15) is 9.39 Å². The number of alkyl halides is 2. The Morgan fingerprint density at radius 1 is 1.65 bits per heavy atom. The molecule has 0 saturated heterocycles. The van der Waals surface area contributed by atoms with Crippen LogP contribution in [0.3, 0.4) is 0 Å². The van der Waals surface area contributed by atoms with E-state index in [9.17, 15) is 13.6 Å². The van der Waals surface area contributed by atoms with Crippen molar-refractivity contribution in [1.29, 1.82) is 0 Å². The molecule has 1 aromatic heterocycles. The number of aromatic nitrogens is 1. The highest BCUT2D eigenvalue weighted by Crippen LogP contribution is 2.25. The summed E-state index contributed by atoms with van der Waals surface area (Å²) in [6.45, 7) is 0.0740. The van der Waals surface area contributed by atoms with Gasteiger partial charge in [-0.15, -0.1) is 0 Å². The highest BCUT2D eigenvalue weighted by Gasteiger charge is 2.21. The van der Waals surface area contributed by atoms with Crippen LogP contribution in [0.4, 0.5) is 8.78 Å². The fourth-order valence-electron chi connectivity index (χ4n) is 1.39. The lowest BCUT2D eigenvalue weighted by atomic mass is 10.0. The Hall–Kier alpha value is -0.830. The Bertz CT molecular complexity index is 427. The van der Waals surface area contributed by atoms with Gasteiger partial charge in [0.05, 0.1) is 13.5 Å². The highest BCUT2D eigenvalue weighted by atomic mass is 127. The molecule has 2 N–H and O–H groups in total. The minimum Gasteiger partial charge on any atom is -0.469 e. The number of hydrogen-bond donors (Lipinski definition) is 1. The van der Waals surface area contributed by atoms with Crippen LogP contribution in [0.15, 0.2) is 6.07 Å². The molecule has 17 heavy (non-hydrogen) atoms. The molecule has 4 nitrogen and oxygen atoms in total. The zero-order valence-corrected chi connectivity index (χ0v) is 11.2. The second kappa shape index (κ2) is 6.20. The van der Waals surface area contributed by atoms with Gasteiger partial charge in [-0.3, -0.25) is 4.79 Å². The average molecular weight is 356 g/mol. The minimum atomic E-state index is -2.74. The van der Waals surface area contributed by atoms with Crippen LogP contribution in [-0.2, 0) is 22.5 Å². The Kier molecular flexibility index (Phi) is 5.19. The first kappa shape index (κ1) is 14.2. The van der Waals surface area contributed by atoms with Gasteiger partial charge in [0.15, 0.2) is 0 Å². The molecule has 7 heteroatoms. The molecule has 1 rings (SSSR count). The molecule has 0 aliphatic heterocycles. The topological polar surface area (TPSA) is 65.2 Å². The number of pyridine rings is 1. The number of carbonyl (C=O) groups is 1. The van der Waals surface area contributed by atoms with Crippen LogP contribution in [0.25, 0.3) is 0 Å². The molecule has 0 aliphatic rings. The predicted molar refractivity (Wildman–Crippen MR) is 65.5 cm³/mol. The molecule has 0 bridgehead atoms. The van der Waals surface area contributed by atoms with E-state index in [2.05, 4.69) is 9.72 Å². The van der Waals surface area contributed by atoms with E-state index in [1.165, 1.54) is 7.11 Å². The van der Waals surface area contributed by atoms with Gasteiger partial charge in [-0.05, 0) is 39.8 Å². The maximum absolute atomic E-state index is 12.8. The SMILES string of the molecule is COC(=O)Cc1c(CN)cc(I)nc1C(F)F. The zero-order valence-electron chi connectivity index (χ0n) is 9.04. The quantitative estimate of drug-likeness (QED) is 0.508. The summed E-state index contributed by atoms with van der Waals surface area (Å²) >= 11 is 1.83. The van der Waals surface area contributed by atoms with E-state index in [1.807, 2.05) is 22.6 Å². The Morgan fingerprint density at radius 3 is 2.76 bits per heavy atom. The number of hydrogen-bond acceptors (Lipinski definition) is 4. The normalized spacial score (nSPS) is 10.7. The van der Waals surface area contributed by atoms with Crippen LogP contribution >= 0.6 is 22.6 Å². The van der Waals surface area contributed by atoms with Crippen LogP contribution in [0.2, 0.25) is 0 Å². The fourth-order valence-corrected chi connectivity index (χ4v) is 2.03. The first-order chi connectivity index (χ1) is 7.99. The molecule has 0 spiro atoms. The fraction of sp³-hybridized carbons (Fsp3) is 0.400. The number of esters is 1. The van der Waals surface area contributed by atoms with E-state index in [0.717, 1.165) is 0 Å². The summed E-state index contributed by atoms with van der Waals surface area (Å²) in [4.78, 5) is 14.9. The molecular weight excluding hydrogens is 345 g/mol. The number of nitrogens with two attached hydrogens (primary N) is 1. The summed E-state index contributed by atoms with van der Waals surface area (Å²) in [5, 5.41) is 0. The van der Waals surface area contributed by atoms with Crippen molar-refractivity contribution in [2.45, 2.75) is 19.4 Å². The summed E-state index contributed by atoms with van der Waals surface area (Å²) in [6.07, 6.45) is -2.98. The lowest BCUT2D eigenvalue weighted by molar-refractivity contribution is -0.139. The molecular formula is C10H11F2IN2O2. The molecule has 0 fully saturated rings. The van der Waals surface area contributed by atoms with Crippen molar-refractivity contribution in [1.82, 2.24) is 4.98 Å². The molecule has 1 aromatic rings. The maximum Gasteiger partial charge on any atom is 0.310 e. The molecule has 0 aliphatic carbocycles. The van der Waals surface area contributed by atoms with E-state index in [-0.39, 0.29) is 18.5 Å². The number of ether oxygens (including phenoxy) is 1. The molecule has 0 aromatic carbocycles. The van der Waals surface area contributed by atoms with Gasteiger partial charge in [-0.25, -0.2) is 13.8 Å². The molecule has 0 amide bonds. The van der Waals surface area contributed by atoms with Crippen molar-refractivity contribution in [3.05, 3.63) is 26.6 Å². The van der Waals surface area contributed by atoms with Crippen LogP contribution < -0.4 is 5.73 Å². The lowest BCUT2D eigenvalue weighted by Crippen LogP contribution is -2.14. The van der Waals surface area contributed by atoms with E-state index in [4.69, 9.17) is 5.73 Å². The Balaban J connectivity index is 3.26. The van der Waals surface area contributed by atoms with Gasteiger partial charge in [0.2, 0.25) is 0 Å². The molecule has 0 unspecified atom stereocenters. The molecule has 94 valence electrons. The van der Waals surface area contributed by atoms with Gasteiger partial charge in [-0.2, -0.15) is 0 Å². The number of carbonyl (C=O) groups excluding carboxylic acids is 1. The monoisotopic (exact) mass is 356 g/mol. The largest absolute Gasteiger partial charge is 0.469 e. The minimum absolute atomic E-state index is 0.0740. The van der Waals surface area contributed by atoms with Crippen LogP contribution in [0.1, 0.15) is 23.2 Å². The maximum atomic E-state index is 12.8. The van der Waals surface area contributed by atoms with E-state index in [0.29, 0.717) is 9.26 Å². The van der Waals surface area contributed by atoms with Gasteiger partial charge in [0.25, 0.3) is 6.43 Å². The smallest absolute Gasteiger partial charge is 0.310 e. The van der Waals surface area contributed by atoms with Gasteiger partial charge in [-0.1, -0.05) is 0 Å². The van der Waals surface area contributed by atoms with Gasteiger partial charge in [0, 0.05) is 6.54 Å². The second-order valence-electron chi connectivity index (χ2n) is 3.23. The summed E-state index contributed by atoms with van der Waals surface area (Å²) in [7, 11) is 1.20. The number of halogens is 3. The summed E-state index contributed by atoms with van der Waals surface area (Å²) < 4.78 is 30.5. The Morgan fingerprint density at radius 2 is 2.29 bits per heavy atom. The highest BCUT2D eigenvalue weighted by molar-refractivity contribution is 14.1. The average Bonchev–Trinajstić information content (AvgIpc) is 2.30. The van der Waals surface area contributed by atoms with Gasteiger partial charge < -0.3 is 10.5 Å². The molecule has 0 atom stereocenters. The molecule has 0 radical (unpaired) electrons. The second-order valence-corrected chi connectivity index (χ2v) is 4.33. The first-order valence-corrected chi connectivity index (χ1v) is 5.80. The molecule has 1 heterocycles. The third-order valence-electron chi connectivity index (χ3n) is 2.19. The third-order valence-corrected chi connectivity index (χ3v) is 2.75. The summed E-state index contributed by atoms with van der Waals surface area (Å²) in [5.74, 6) is -0.593. The first-order valence-electron chi connectivity index (χ1n) is 4.72. The van der Waals surface area contributed by atoms with Gasteiger partial charge >= 0.3 is 5.97 Å². The van der Waals surface area contributed by atoms with E-state index < -0.39 is 18.1 Å². The van der Waals surface area contributed by atoms with Crippen molar-refractivity contribution in [2.24, 2.45) is 5.73 Å². The summed E-state index contributed by atoms with van der Waals surface area (Å²) in [6, 6.07) is 1.59. The third kappa shape index (κ3) is 3.56. The Labute approximate surface area is 111 Å². The van der Waals surface area contributed by atoms with E-state index in [1.54, 1.807) is 6.07 Å². The van der Waals surface area contributed by atoms with Crippen molar-refractivity contribution >= 4 is 28.6 Å². The number of rotatable bonds is 4. The van der Waals surface area contributed by atoms with Crippen LogP contribution in [0.5, 0.6) is 0 Å². The lowest BCUT2D eigenvalue weighted by Gasteiger charge is -2.12.